The lowest BCUT2D eigenvalue weighted by atomic mass is 10.2. The van der Waals surface area contributed by atoms with Crippen molar-refractivity contribution in [1.29, 1.82) is 0 Å². The highest BCUT2D eigenvalue weighted by Crippen LogP contribution is 1.95. The molecule has 0 radical (unpaired) electrons. The van der Waals surface area contributed by atoms with Gasteiger partial charge in [-0.1, -0.05) is 37.5 Å². The second-order valence-electron chi connectivity index (χ2n) is 3.42. The zero-order valence-electron chi connectivity index (χ0n) is 10.5. The fraction of sp³-hybridized carbons (Fsp3) is 0.286. The Kier molecular flexibility index (Phi) is 8.29. The fourth-order valence-electron chi connectivity index (χ4n) is 0.885. The molecule has 0 saturated heterocycles. The number of hydrogen-bond donors (Lipinski definition) is 0. The smallest absolute Gasteiger partial charge is 0.302 e. The average molecular weight is 233 g/mol. The van der Waals surface area contributed by atoms with Crippen molar-refractivity contribution in [3.05, 3.63) is 48.6 Å². The molecule has 0 aromatic heterocycles. The maximum atomic E-state index is 10.5. The minimum atomic E-state index is -0.279. The zero-order chi connectivity index (χ0) is 13.1. The van der Waals surface area contributed by atoms with Crippen molar-refractivity contribution < 1.29 is 9.53 Å². The van der Waals surface area contributed by atoms with E-state index < -0.39 is 0 Å². The van der Waals surface area contributed by atoms with Gasteiger partial charge < -0.3 is 4.74 Å². The molecule has 0 aromatic carbocycles. The lowest BCUT2D eigenvalue weighted by molar-refractivity contribution is -0.140. The summed E-state index contributed by atoms with van der Waals surface area (Å²) in [5.74, 6) is -0.279. The van der Waals surface area contributed by atoms with E-state index in [0.29, 0.717) is 13.2 Å². The summed E-state index contributed by atoms with van der Waals surface area (Å²) in [5.41, 5.74) is 1.88. The van der Waals surface area contributed by atoms with Gasteiger partial charge in [0.2, 0.25) is 0 Å². The third kappa shape index (κ3) is 10.4. The molecule has 0 aliphatic carbocycles. The predicted octanol–water partition coefficient (Wildman–Crippen LogP) is 2.87. The lowest BCUT2D eigenvalue weighted by Crippen LogP contribution is -2.03. The van der Waals surface area contributed by atoms with Crippen LogP contribution in [0.4, 0.5) is 0 Å². The highest BCUT2D eigenvalue weighted by atomic mass is 16.5. The van der Waals surface area contributed by atoms with Crippen LogP contribution in [0.3, 0.4) is 0 Å². The molecular weight excluding hydrogens is 214 g/mol. The molecule has 92 valence electrons. The lowest BCUT2D eigenvalue weighted by Gasteiger charge is -1.96. The number of allylic oxidation sites excluding steroid dienone is 6. The Hall–Kier alpha value is -1.90. The van der Waals surface area contributed by atoms with Gasteiger partial charge in [-0.15, -0.1) is 0 Å². The SMILES string of the molecule is C=CC(=C)C=CC=C(C)C=NCCOC(C)=O. The van der Waals surface area contributed by atoms with Crippen molar-refractivity contribution in [2.45, 2.75) is 13.8 Å². The number of nitrogens with zero attached hydrogens (tertiary/aromatic N) is 1. The maximum Gasteiger partial charge on any atom is 0.302 e. The standard InChI is InChI=1S/C14H19NO2/c1-5-12(2)7-6-8-13(3)11-15-9-10-17-14(4)16/h5-8,11H,1-2,9-10H2,3-4H3. The van der Waals surface area contributed by atoms with Gasteiger partial charge in [-0.05, 0) is 18.1 Å². The highest BCUT2D eigenvalue weighted by Gasteiger charge is 1.89. The Morgan fingerprint density at radius 3 is 2.71 bits per heavy atom. The van der Waals surface area contributed by atoms with Gasteiger partial charge in [-0.25, -0.2) is 0 Å². The summed E-state index contributed by atoms with van der Waals surface area (Å²) in [7, 11) is 0. The van der Waals surface area contributed by atoms with E-state index in [-0.39, 0.29) is 5.97 Å². The molecule has 3 nitrogen and oxygen atoms in total. The van der Waals surface area contributed by atoms with Crippen LogP contribution in [-0.4, -0.2) is 25.3 Å². The first-order valence-electron chi connectivity index (χ1n) is 5.35. The van der Waals surface area contributed by atoms with Crippen LogP contribution in [0.1, 0.15) is 13.8 Å². The van der Waals surface area contributed by atoms with Gasteiger partial charge in [0.1, 0.15) is 6.61 Å². The molecule has 0 amide bonds. The maximum absolute atomic E-state index is 10.5. The molecular formula is C14H19NO2. The van der Waals surface area contributed by atoms with Crippen LogP contribution in [0.15, 0.2) is 53.6 Å². The summed E-state index contributed by atoms with van der Waals surface area (Å²) in [5, 5.41) is 0. The van der Waals surface area contributed by atoms with E-state index in [9.17, 15) is 4.79 Å². The Bertz CT molecular complexity index is 362. The normalized spacial score (nSPS) is 12.0. The number of esters is 1. The van der Waals surface area contributed by atoms with Crippen molar-refractivity contribution in [2.75, 3.05) is 13.2 Å². The van der Waals surface area contributed by atoms with Gasteiger partial charge >= 0.3 is 5.97 Å². The number of carbonyl (C=O) groups is 1. The van der Waals surface area contributed by atoms with Crippen LogP contribution in [0.2, 0.25) is 0 Å². The monoisotopic (exact) mass is 233 g/mol. The summed E-state index contributed by atoms with van der Waals surface area (Å²) < 4.78 is 4.74. The Balaban J connectivity index is 3.94. The first-order chi connectivity index (χ1) is 8.06. The highest BCUT2D eigenvalue weighted by molar-refractivity contribution is 5.78. The Labute approximate surface area is 103 Å². The van der Waals surface area contributed by atoms with Gasteiger partial charge in [-0.2, -0.15) is 0 Å². The molecule has 0 aromatic rings. The molecule has 17 heavy (non-hydrogen) atoms. The van der Waals surface area contributed by atoms with Crippen LogP contribution in [0.5, 0.6) is 0 Å². The van der Waals surface area contributed by atoms with Crippen LogP contribution in [0, 0.1) is 0 Å². The molecule has 0 N–H and O–H groups in total. The van der Waals surface area contributed by atoms with E-state index in [1.165, 1.54) is 6.92 Å². The van der Waals surface area contributed by atoms with Crippen LogP contribution in [0.25, 0.3) is 0 Å². The van der Waals surface area contributed by atoms with Crippen molar-refractivity contribution >= 4 is 12.2 Å². The van der Waals surface area contributed by atoms with Gasteiger partial charge in [0, 0.05) is 13.1 Å². The molecule has 0 unspecified atom stereocenters. The molecule has 0 bridgehead atoms. The van der Waals surface area contributed by atoms with Gasteiger partial charge in [0.05, 0.1) is 6.54 Å². The summed E-state index contributed by atoms with van der Waals surface area (Å²) >= 11 is 0. The van der Waals surface area contributed by atoms with Gasteiger partial charge in [0.15, 0.2) is 0 Å². The van der Waals surface area contributed by atoms with Crippen LogP contribution in [-0.2, 0) is 9.53 Å². The van der Waals surface area contributed by atoms with Crippen LogP contribution < -0.4 is 0 Å². The molecule has 0 rings (SSSR count). The zero-order valence-corrected chi connectivity index (χ0v) is 10.5. The second kappa shape index (κ2) is 9.33. The van der Waals surface area contributed by atoms with Crippen molar-refractivity contribution in [3.63, 3.8) is 0 Å². The topological polar surface area (TPSA) is 38.7 Å². The quantitative estimate of drug-likeness (QED) is 0.293. The molecule has 0 saturated carbocycles. The molecule has 0 aliphatic rings. The Morgan fingerprint density at radius 1 is 1.41 bits per heavy atom. The second-order valence-corrected chi connectivity index (χ2v) is 3.42. The Morgan fingerprint density at radius 2 is 2.12 bits per heavy atom. The molecule has 0 spiro atoms. The van der Waals surface area contributed by atoms with E-state index in [4.69, 9.17) is 4.74 Å². The number of carbonyl (C=O) groups excluding carboxylic acids is 1. The molecule has 0 heterocycles. The van der Waals surface area contributed by atoms with E-state index in [1.807, 2.05) is 25.2 Å². The minimum absolute atomic E-state index is 0.279. The van der Waals surface area contributed by atoms with Crippen LogP contribution >= 0.6 is 0 Å². The summed E-state index contributed by atoms with van der Waals surface area (Å²) in [6, 6.07) is 0. The fourth-order valence-corrected chi connectivity index (χ4v) is 0.885. The number of rotatable bonds is 7. The van der Waals surface area contributed by atoms with Crippen molar-refractivity contribution in [1.82, 2.24) is 0 Å². The molecule has 0 aliphatic heterocycles. The van der Waals surface area contributed by atoms with E-state index in [1.54, 1.807) is 12.3 Å². The van der Waals surface area contributed by atoms with Gasteiger partial charge in [0.25, 0.3) is 0 Å². The predicted molar refractivity (Wildman–Crippen MR) is 72.2 cm³/mol. The molecule has 0 atom stereocenters. The largest absolute Gasteiger partial charge is 0.464 e. The first kappa shape index (κ1) is 15.1. The minimum Gasteiger partial charge on any atom is -0.464 e. The summed E-state index contributed by atoms with van der Waals surface area (Å²) in [6.45, 7) is 11.5. The number of ether oxygens (including phenoxy) is 1. The van der Waals surface area contributed by atoms with E-state index in [2.05, 4.69) is 18.2 Å². The first-order valence-corrected chi connectivity index (χ1v) is 5.35. The summed E-state index contributed by atoms with van der Waals surface area (Å²) in [4.78, 5) is 14.6. The third-order valence-corrected chi connectivity index (χ3v) is 1.75. The van der Waals surface area contributed by atoms with Crippen molar-refractivity contribution in [2.24, 2.45) is 4.99 Å². The van der Waals surface area contributed by atoms with Crippen molar-refractivity contribution in [3.8, 4) is 0 Å². The third-order valence-electron chi connectivity index (χ3n) is 1.75. The molecule has 3 heteroatoms. The summed E-state index contributed by atoms with van der Waals surface area (Å²) in [6.07, 6.45) is 9.10. The molecule has 0 fully saturated rings. The van der Waals surface area contributed by atoms with E-state index in [0.717, 1.165) is 11.1 Å². The average Bonchev–Trinajstić information content (AvgIpc) is 2.27. The number of aliphatic imine (C=N–C) groups is 1. The number of hydrogen-bond acceptors (Lipinski definition) is 3. The van der Waals surface area contributed by atoms with Gasteiger partial charge in [-0.3, -0.25) is 9.79 Å². The van der Waals surface area contributed by atoms with E-state index >= 15 is 0 Å².